The molecule has 0 atom stereocenters. The van der Waals surface area contributed by atoms with Crippen molar-refractivity contribution in [3.8, 4) is 22.7 Å². The molecule has 0 spiro atoms. The molecule has 174 valence electrons. The molecule has 0 bridgehead atoms. The molecule has 35 heavy (non-hydrogen) atoms. The van der Waals surface area contributed by atoms with E-state index in [1.54, 1.807) is 18.0 Å². The highest BCUT2D eigenvalue weighted by atomic mass is 32.2. The molecule has 0 radical (unpaired) electrons. The Hall–Kier alpha value is -4.10. The van der Waals surface area contributed by atoms with E-state index in [0.717, 1.165) is 44.7 Å². The minimum absolute atomic E-state index is 0.512. The van der Waals surface area contributed by atoms with E-state index in [9.17, 15) is 0 Å². The Kier molecular flexibility index (Phi) is 6.77. The third-order valence-corrected chi connectivity index (χ3v) is 6.20. The molecule has 0 aliphatic rings. The Balaban J connectivity index is 1.38. The third kappa shape index (κ3) is 5.20. The Morgan fingerprint density at radius 1 is 0.914 bits per heavy atom. The lowest BCUT2D eigenvalue weighted by Crippen LogP contribution is -2.00. The van der Waals surface area contributed by atoms with Gasteiger partial charge in [0.15, 0.2) is 0 Å². The highest BCUT2D eigenvalue weighted by Crippen LogP contribution is 2.33. The van der Waals surface area contributed by atoms with Gasteiger partial charge in [-0.15, -0.1) is 11.8 Å². The number of benzene rings is 3. The molecule has 2 heterocycles. The largest absolute Gasteiger partial charge is 0.489 e. The molecule has 6 nitrogen and oxygen atoms in total. The van der Waals surface area contributed by atoms with E-state index in [4.69, 9.17) is 14.8 Å². The summed E-state index contributed by atoms with van der Waals surface area (Å²) in [5, 5.41) is 9.06. The Labute approximate surface area is 209 Å². The summed E-state index contributed by atoms with van der Waals surface area (Å²) in [6.45, 7) is 2.58. The zero-order valence-corrected chi connectivity index (χ0v) is 20.4. The summed E-state index contributed by atoms with van der Waals surface area (Å²) >= 11 is 1.61. The molecule has 5 rings (SSSR count). The van der Waals surface area contributed by atoms with E-state index in [-0.39, 0.29) is 0 Å². The lowest BCUT2D eigenvalue weighted by atomic mass is 10.2. The normalized spacial score (nSPS) is 10.8. The molecule has 7 heteroatoms. The maximum Gasteiger partial charge on any atom is 0.227 e. The molecular weight excluding hydrogens is 454 g/mol. The van der Waals surface area contributed by atoms with Gasteiger partial charge in [0, 0.05) is 18.0 Å². The SMILES string of the molecule is CSc1nn(-c2ccccc2)c(C)c1-c1ccnc(Nc2cccc(OCc3ccccc3)c2)n1. The molecule has 3 aromatic carbocycles. The van der Waals surface area contributed by atoms with Crippen molar-refractivity contribution in [1.82, 2.24) is 19.7 Å². The molecule has 0 aliphatic carbocycles. The van der Waals surface area contributed by atoms with Crippen LogP contribution in [0.4, 0.5) is 11.6 Å². The summed E-state index contributed by atoms with van der Waals surface area (Å²) < 4.78 is 7.92. The highest BCUT2D eigenvalue weighted by Gasteiger charge is 2.18. The monoisotopic (exact) mass is 479 g/mol. The quantitative estimate of drug-likeness (QED) is 0.250. The summed E-state index contributed by atoms with van der Waals surface area (Å²) in [4.78, 5) is 9.24. The summed E-state index contributed by atoms with van der Waals surface area (Å²) in [6, 6.07) is 30.0. The van der Waals surface area contributed by atoms with Gasteiger partial charge < -0.3 is 10.1 Å². The van der Waals surface area contributed by atoms with E-state index in [1.165, 1.54) is 0 Å². The minimum atomic E-state index is 0.512. The molecular formula is C28H25N5OS. The smallest absolute Gasteiger partial charge is 0.227 e. The maximum atomic E-state index is 5.96. The van der Waals surface area contributed by atoms with Gasteiger partial charge in [-0.1, -0.05) is 54.6 Å². The Bertz CT molecular complexity index is 1420. The van der Waals surface area contributed by atoms with Crippen LogP contribution in [0.3, 0.4) is 0 Å². The molecule has 2 aromatic heterocycles. The summed E-state index contributed by atoms with van der Waals surface area (Å²) in [7, 11) is 0. The van der Waals surface area contributed by atoms with Crippen molar-refractivity contribution in [2.24, 2.45) is 0 Å². The lowest BCUT2D eigenvalue weighted by Gasteiger charge is -2.10. The maximum absolute atomic E-state index is 5.96. The number of aromatic nitrogens is 4. The minimum Gasteiger partial charge on any atom is -0.489 e. The number of anilines is 2. The van der Waals surface area contributed by atoms with Crippen LogP contribution < -0.4 is 10.1 Å². The van der Waals surface area contributed by atoms with Crippen LogP contribution in [0.2, 0.25) is 0 Å². The zero-order valence-electron chi connectivity index (χ0n) is 19.6. The first-order valence-corrected chi connectivity index (χ1v) is 12.5. The average molecular weight is 480 g/mol. The molecule has 0 saturated carbocycles. The number of hydrogen-bond donors (Lipinski definition) is 1. The van der Waals surface area contributed by atoms with Crippen LogP contribution in [-0.4, -0.2) is 26.0 Å². The van der Waals surface area contributed by atoms with Crippen LogP contribution in [0.1, 0.15) is 11.3 Å². The van der Waals surface area contributed by atoms with Gasteiger partial charge in [-0.25, -0.2) is 14.6 Å². The van der Waals surface area contributed by atoms with Crippen molar-refractivity contribution in [3.63, 3.8) is 0 Å². The zero-order chi connectivity index (χ0) is 24.0. The van der Waals surface area contributed by atoms with Crippen LogP contribution in [-0.2, 0) is 6.61 Å². The third-order valence-electron chi connectivity index (χ3n) is 5.53. The number of hydrogen-bond acceptors (Lipinski definition) is 6. The molecule has 0 amide bonds. The number of ether oxygens (including phenoxy) is 1. The Morgan fingerprint density at radius 2 is 1.69 bits per heavy atom. The van der Waals surface area contributed by atoms with Gasteiger partial charge in [0.1, 0.15) is 17.4 Å². The van der Waals surface area contributed by atoms with E-state index in [2.05, 4.69) is 17.2 Å². The predicted molar refractivity (Wildman–Crippen MR) is 142 cm³/mol. The Morgan fingerprint density at radius 3 is 2.46 bits per heavy atom. The fourth-order valence-electron chi connectivity index (χ4n) is 3.83. The summed E-state index contributed by atoms with van der Waals surface area (Å²) in [5.74, 6) is 1.29. The van der Waals surface area contributed by atoms with Gasteiger partial charge in [-0.3, -0.25) is 0 Å². The fraction of sp³-hybridized carbons (Fsp3) is 0.107. The number of nitrogens with one attached hydrogen (secondary N) is 1. The van der Waals surface area contributed by atoms with E-state index in [1.807, 2.05) is 102 Å². The van der Waals surface area contributed by atoms with Gasteiger partial charge in [0.25, 0.3) is 0 Å². The average Bonchev–Trinajstić information content (AvgIpc) is 3.25. The molecule has 5 aromatic rings. The van der Waals surface area contributed by atoms with Crippen molar-refractivity contribution in [2.45, 2.75) is 18.6 Å². The molecule has 1 N–H and O–H groups in total. The second-order valence-electron chi connectivity index (χ2n) is 7.91. The molecule has 0 unspecified atom stereocenters. The fourth-order valence-corrected chi connectivity index (χ4v) is 4.45. The van der Waals surface area contributed by atoms with Crippen molar-refractivity contribution >= 4 is 23.4 Å². The first kappa shape index (κ1) is 22.7. The van der Waals surface area contributed by atoms with Gasteiger partial charge in [-0.05, 0) is 49.1 Å². The second kappa shape index (κ2) is 10.4. The summed E-state index contributed by atoms with van der Waals surface area (Å²) in [6.07, 6.45) is 3.80. The van der Waals surface area contributed by atoms with Crippen LogP contribution in [0, 0.1) is 6.92 Å². The van der Waals surface area contributed by atoms with Gasteiger partial charge in [0.05, 0.1) is 22.6 Å². The molecule has 0 fully saturated rings. The number of thioether (sulfide) groups is 1. The van der Waals surface area contributed by atoms with Gasteiger partial charge >= 0.3 is 0 Å². The van der Waals surface area contributed by atoms with E-state index in [0.29, 0.717) is 12.6 Å². The van der Waals surface area contributed by atoms with E-state index < -0.39 is 0 Å². The predicted octanol–water partition coefficient (Wildman–Crippen LogP) is 6.68. The lowest BCUT2D eigenvalue weighted by molar-refractivity contribution is 0.306. The summed E-state index contributed by atoms with van der Waals surface area (Å²) in [5.41, 5.74) is 5.86. The van der Waals surface area contributed by atoms with Crippen molar-refractivity contribution in [3.05, 3.63) is 108 Å². The number of rotatable bonds is 8. The van der Waals surface area contributed by atoms with Crippen LogP contribution in [0.15, 0.2) is 102 Å². The van der Waals surface area contributed by atoms with Crippen LogP contribution in [0.25, 0.3) is 16.9 Å². The molecule has 0 aliphatic heterocycles. The van der Waals surface area contributed by atoms with Crippen molar-refractivity contribution < 1.29 is 4.74 Å². The van der Waals surface area contributed by atoms with Crippen molar-refractivity contribution in [2.75, 3.05) is 11.6 Å². The van der Waals surface area contributed by atoms with Crippen LogP contribution >= 0.6 is 11.8 Å². The first-order valence-electron chi connectivity index (χ1n) is 11.3. The standard InChI is InChI=1S/C28H25N5OS/c1-20-26(27(35-2)32-33(20)23-13-7-4-8-14-23)25-16-17-29-28(31-25)30-22-12-9-15-24(18-22)34-19-21-10-5-3-6-11-21/h3-18H,19H2,1-2H3,(H,29,30,31). The van der Waals surface area contributed by atoms with E-state index >= 15 is 0 Å². The van der Waals surface area contributed by atoms with Gasteiger partial charge in [-0.2, -0.15) is 5.10 Å². The van der Waals surface area contributed by atoms with Gasteiger partial charge in [0.2, 0.25) is 5.95 Å². The van der Waals surface area contributed by atoms with Crippen LogP contribution in [0.5, 0.6) is 5.75 Å². The molecule has 0 saturated heterocycles. The topological polar surface area (TPSA) is 64.9 Å². The van der Waals surface area contributed by atoms with Crippen molar-refractivity contribution in [1.29, 1.82) is 0 Å². The number of para-hydroxylation sites is 1. The first-order chi connectivity index (χ1) is 17.2. The second-order valence-corrected chi connectivity index (χ2v) is 8.70. The number of nitrogens with zero attached hydrogens (tertiary/aromatic N) is 4. The highest BCUT2D eigenvalue weighted by molar-refractivity contribution is 7.98.